The summed E-state index contributed by atoms with van der Waals surface area (Å²) in [6, 6.07) is 0. The lowest BCUT2D eigenvalue weighted by atomic mass is 9.93. The van der Waals surface area contributed by atoms with Crippen LogP contribution in [0.4, 0.5) is 0 Å². The van der Waals surface area contributed by atoms with E-state index in [1.54, 1.807) is 7.11 Å². The van der Waals surface area contributed by atoms with E-state index in [0.717, 1.165) is 25.7 Å². The maximum absolute atomic E-state index is 9.58. The highest BCUT2D eigenvalue weighted by atomic mass is 16.5. The minimum Gasteiger partial charge on any atom is -0.393 e. The van der Waals surface area contributed by atoms with Crippen molar-refractivity contribution >= 4 is 0 Å². The molecule has 0 aliphatic heterocycles. The Balaban J connectivity index is 3.63. The van der Waals surface area contributed by atoms with Crippen molar-refractivity contribution in [1.29, 1.82) is 0 Å². The van der Waals surface area contributed by atoms with Gasteiger partial charge < -0.3 is 9.84 Å². The van der Waals surface area contributed by atoms with E-state index < -0.39 is 0 Å². The Morgan fingerprint density at radius 2 is 1.93 bits per heavy atom. The van der Waals surface area contributed by atoms with E-state index in [1.807, 2.05) is 6.92 Å². The summed E-state index contributed by atoms with van der Waals surface area (Å²) in [5.41, 5.74) is -0.0170. The van der Waals surface area contributed by atoms with Crippen molar-refractivity contribution in [3.05, 3.63) is 0 Å². The van der Waals surface area contributed by atoms with Crippen LogP contribution in [0.3, 0.4) is 0 Å². The molecule has 0 saturated carbocycles. The fourth-order valence-electron chi connectivity index (χ4n) is 1.55. The number of hydrogen-bond donors (Lipinski definition) is 1. The molecule has 0 spiro atoms. The van der Waals surface area contributed by atoms with Gasteiger partial charge in [0.15, 0.2) is 0 Å². The van der Waals surface area contributed by atoms with Gasteiger partial charge in [-0.2, -0.15) is 0 Å². The van der Waals surface area contributed by atoms with Crippen LogP contribution >= 0.6 is 0 Å². The van der Waals surface area contributed by atoms with Crippen LogP contribution in [0.5, 0.6) is 0 Å². The summed E-state index contributed by atoms with van der Waals surface area (Å²) < 4.78 is 5.34. The number of methoxy groups -OCH3 is 1. The zero-order chi connectivity index (χ0) is 11.2. The molecular formula is C12H26O2. The Morgan fingerprint density at radius 1 is 1.36 bits per heavy atom. The highest BCUT2D eigenvalue weighted by Crippen LogP contribution is 2.21. The molecule has 0 aliphatic carbocycles. The van der Waals surface area contributed by atoms with Gasteiger partial charge in [-0.05, 0) is 39.0 Å². The van der Waals surface area contributed by atoms with Gasteiger partial charge in [-0.3, -0.25) is 0 Å². The topological polar surface area (TPSA) is 29.5 Å². The molecule has 0 aliphatic rings. The molecule has 2 heteroatoms. The maximum Gasteiger partial charge on any atom is 0.0622 e. The van der Waals surface area contributed by atoms with Crippen molar-refractivity contribution in [2.45, 2.75) is 65.1 Å². The van der Waals surface area contributed by atoms with E-state index in [1.165, 1.54) is 0 Å². The predicted molar refractivity (Wildman–Crippen MR) is 60.4 cm³/mol. The summed E-state index contributed by atoms with van der Waals surface area (Å²) >= 11 is 0. The summed E-state index contributed by atoms with van der Waals surface area (Å²) in [6.07, 6.45) is 3.99. The van der Waals surface area contributed by atoms with Gasteiger partial charge in [0.1, 0.15) is 0 Å². The molecule has 0 amide bonds. The minimum absolute atomic E-state index is 0.0170. The number of rotatable bonds is 7. The fourth-order valence-corrected chi connectivity index (χ4v) is 1.55. The van der Waals surface area contributed by atoms with Crippen LogP contribution in [0.2, 0.25) is 0 Å². The monoisotopic (exact) mass is 202 g/mol. The molecule has 0 aromatic rings. The minimum atomic E-state index is -0.138. The fraction of sp³-hybridized carbons (Fsp3) is 1.00. The van der Waals surface area contributed by atoms with Gasteiger partial charge in [-0.15, -0.1) is 0 Å². The van der Waals surface area contributed by atoms with E-state index >= 15 is 0 Å². The third-order valence-corrected chi connectivity index (χ3v) is 3.07. The molecule has 0 saturated heterocycles. The van der Waals surface area contributed by atoms with E-state index in [4.69, 9.17) is 4.74 Å². The molecule has 0 aromatic heterocycles. The molecule has 0 heterocycles. The smallest absolute Gasteiger partial charge is 0.0622 e. The first-order valence-corrected chi connectivity index (χ1v) is 5.66. The van der Waals surface area contributed by atoms with Crippen LogP contribution in [0.15, 0.2) is 0 Å². The number of ether oxygens (including phenoxy) is 1. The van der Waals surface area contributed by atoms with Crippen LogP contribution in [-0.2, 0) is 4.74 Å². The van der Waals surface area contributed by atoms with E-state index in [0.29, 0.717) is 5.92 Å². The van der Waals surface area contributed by atoms with Crippen LogP contribution in [0, 0.1) is 5.92 Å². The first kappa shape index (κ1) is 13.9. The second-order valence-corrected chi connectivity index (χ2v) is 4.81. The molecule has 0 rings (SSSR count). The summed E-state index contributed by atoms with van der Waals surface area (Å²) in [5.74, 6) is 0.410. The molecule has 14 heavy (non-hydrogen) atoms. The molecule has 0 radical (unpaired) electrons. The number of aliphatic hydroxyl groups is 1. The average molecular weight is 202 g/mol. The molecule has 0 fully saturated rings. The van der Waals surface area contributed by atoms with E-state index in [9.17, 15) is 5.11 Å². The molecule has 2 atom stereocenters. The lowest BCUT2D eigenvalue weighted by Gasteiger charge is -2.24. The van der Waals surface area contributed by atoms with Crippen LogP contribution in [0.1, 0.15) is 53.4 Å². The maximum atomic E-state index is 9.58. The highest BCUT2D eigenvalue weighted by molar-refractivity contribution is 4.70. The molecule has 0 aromatic carbocycles. The lowest BCUT2D eigenvalue weighted by molar-refractivity contribution is 0.0106. The van der Waals surface area contributed by atoms with E-state index in [2.05, 4.69) is 20.8 Å². The van der Waals surface area contributed by atoms with Crippen molar-refractivity contribution in [1.82, 2.24) is 0 Å². The highest BCUT2D eigenvalue weighted by Gasteiger charge is 2.17. The molecular weight excluding hydrogens is 176 g/mol. The summed E-state index contributed by atoms with van der Waals surface area (Å²) in [4.78, 5) is 0. The Hall–Kier alpha value is -0.0800. The van der Waals surface area contributed by atoms with Gasteiger partial charge in [0.2, 0.25) is 0 Å². The van der Waals surface area contributed by atoms with Gasteiger partial charge in [-0.25, -0.2) is 0 Å². The van der Waals surface area contributed by atoms with Gasteiger partial charge in [0, 0.05) is 7.11 Å². The molecule has 86 valence electrons. The Bertz CT molecular complexity index is 143. The number of hydrogen-bond acceptors (Lipinski definition) is 2. The van der Waals surface area contributed by atoms with Crippen molar-refractivity contribution in [3.8, 4) is 0 Å². The SMILES string of the molecule is CC[C@@H](O)[C@@H](C)CCCC(C)(C)OC. The molecule has 0 unspecified atom stereocenters. The lowest BCUT2D eigenvalue weighted by Crippen LogP contribution is -2.23. The summed E-state index contributed by atoms with van der Waals surface area (Å²) in [6.45, 7) is 8.36. The van der Waals surface area contributed by atoms with Gasteiger partial charge in [0.05, 0.1) is 11.7 Å². The van der Waals surface area contributed by atoms with Crippen molar-refractivity contribution in [2.75, 3.05) is 7.11 Å². The predicted octanol–water partition coefficient (Wildman–Crippen LogP) is 2.99. The Morgan fingerprint density at radius 3 is 2.36 bits per heavy atom. The quantitative estimate of drug-likeness (QED) is 0.687. The zero-order valence-electron chi connectivity index (χ0n) is 10.3. The first-order chi connectivity index (χ1) is 6.43. The van der Waals surface area contributed by atoms with Crippen LogP contribution < -0.4 is 0 Å². The molecule has 2 nitrogen and oxygen atoms in total. The van der Waals surface area contributed by atoms with Crippen molar-refractivity contribution in [3.63, 3.8) is 0 Å². The molecule has 0 bridgehead atoms. The Kier molecular flexibility index (Phi) is 6.38. The standard InChI is InChI=1S/C12H26O2/c1-6-11(13)10(2)8-7-9-12(3,4)14-5/h10-11,13H,6-9H2,1-5H3/t10-,11+/m0/s1. The zero-order valence-corrected chi connectivity index (χ0v) is 10.3. The average Bonchev–Trinajstić information content (AvgIpc) is 2.16. The summed E-state index contributed by atoms with van der Waals surface area (Å²) in [7, 11) is 1.75. The second kappa shape index (κ2) is 6.41. The largest absolute Gasteiger partial charge is 0.393 e. The first-order valence-electron chi connectivity index (χ1n) is 5.66. The summed E-state index contributed by atoms with van der Waals surface area (Å²) in [5, 5.41) is 9.58. The molecule has 1 N–H and O–H groups in total. The third kappa shape index (κ3) is 5.61. The second-order valence-electron chi connectivity index (χ2n) is 4.81. The van der Waals surface area contributed by atoms with Crippen LogP contribution in [-0.4, -0.2) is 23.9 Å². The number of aliphatic hydroxyl groups excluding tert-OH is 1. The van der Waals surface area contributed by atoms with Gasteiger partial charge in [0.25, 0.3) is 0 Å². The van der Waals surface area contributed by atoms with Crippen LogP contribution in [0.25, 0.3) is 0 Å². The van der Waals surface area contributed by atoms with Crippen molar-refractivity contribution in [2.24, 2.45) is 5.92 Å². The van der Waals surface area contributed by atoms with Gasteiger partial charge >= 0.3 is 0 Å². The normalized spacial score (nSPS) is 16.7. The third-order valence-electron chi connectivity index (χ3n) is 3.07. The van der Waals surface area contributed by atoms with E-state index in [-0.39, 0.29) is 11.7 Å². The van der Waals surface area contributed by atoms with Gasteiger partial charge in [-0.1, -0.05) is 20.3 Å². The van der Waals surface area contributed by atoms with Crippen molar-refractivity contribution < 1.29 is 9.84 Å². The Labute approximate surface area is 88.7 Å².